The van der Waals surface area contributed by atoms with Crippen molar-refractivity contribution in [2.45, 2.75) is 6.10 Å². The summed E-state index contributed by atoms with van der Waals surface area (Å²) in [4.78, 5) is 2.47. The first kappa shape index (κ1) is 12.1. The molecule has 0 aliphatic carbocycles. The van der Waals surface area contributed by atoms with Crippen LogP contribution in [0.5, 0.6) is 0 Å². The minimum Gasteiger partial charge on any atom is -0.388 e. The van der Waals surface area contributed by atoms with Gasteiger partial charge in [-0.2, -0.15) is 0 Å². The van der Waals surface area contributed by atoms with Crippen molar-refractivity contribution in [1.29, 1.82) is 0 Å². The number of nitrogens with zero attached hydrogens (tertiary/aromatic N) is 3. The minimum atomic E-state index is -1.14. The molecule has 1 rings (SSSR count). The summed E-state index contributed by atoms with van der Waals surface area (Å²) >= 11 is 11.2. The Hall–Kier alpha value is -1.00. The fourth-order valence-electron chi connectivity index (χ4n) is 1.01. The third-order valence-corrected chi connectivity index (χ3v) is 2.33. The highest BCUT2D eigenvalue weighted by molar-refractivity contribution is 6.35. The van der Waals surface area contributed by atoms with Crippen LogP contribution in [0.25, 0.3) is 10.4 Å². The van der Waals surface area contributed by atoms with Crippen molar-refractivity contribution in [2.75, 3.05) is 6.54 Å². The number of hydrogen-bond donors (Lipinski definition) is 1. The third-order valence-electron chi connectivity index (χ3n) is 1.72. The second kappa shape index (κ2) is 5.19. The molecule has 0 aliphatic rings. The molecule has 0 unspecified atom stereocenters. The van der Waals surface area contributed by atoms with E-state index in [0.29, 0.717) is 0 Å². The van der Waals surface area contributed by atoms with Gasteiger partial charge in [-0.25, -0.2) is 4.39 Å². The summed E-state index contributed by atoms with van der Waals surface area (Å²) in [5, 5.41) is 12.6. The van der Waals surface area contributed by atoms with Crippen LogP contribution in [0.2, 0.25) is 10.0 Å². The number of benzene rings is 1. The maximum absolute atomic E-state index is 13.0. The van der Waals surface area contributed by atoms with Crippen LogP contribution in [-0.2, 0) is 0 Å². The number of rotatable bonds is 3. The molecule has 0 aliphatic heterocycles. The van der Waals surface area contributed by atoms with Crippen LogP contribution >= 0.6 is 23.2 Å². The monoisotopic (exact) mass is 249 g/mol. The van der Waals surface area contributed by atoms with Crippen LogP contribution in [0.4, 0.5) is 4.39 Å². The minimum absolute atomic E-state index is 0.125. The lowest BCUT2D eigenvalue weighted by atomic mass is 10.1. The maximum atomic E-state index is 13.0. The molecule has 15 heavy (non-hydrogen) atoms. The first-order valence-electron chi connectivity index (χ1n) is 3.89. The molecule has 4 nitrogen and oxygen atoms in total. The van der Waals surface area contributed by atoms with Gasteiger partial charge in [-0.3, -0.25) is 0 Å². The average Bonchev–Trinajstić information content (AvgIpc) is 2.20. The molecule has 0 amide bonds. The van der Waals surface area contributed by atoms with Gasteiger partial charge in [-0.1, -0.05) is 28.3 Å². The molecule has 1 N–H and O–H groups in total. The van der Waals surface area contributed by atoms with E-state index in [4.69, 9.17) is 28.7 Å². The second-order valence-electron chi connectivity index (χ2n) is 2.72. The molecular formula is C8H6Cl2FN3O. The topological polar surface area (TPSA) is 69.0 Å². The zero-order chi connectivity index (χ0) is 11.4. The van der Waals surface area contributed by atoms with E-state index < -0.39 is 11.9 Å². The Kier molecular flexibility index (Phi) is 4.17. The molecule has 1 aromatic rings. The SMILES string of the molecule is [N-]=[N+]=NC[C@H](O)c1cc(F)c(Cl)cc1Cl. The molecular weight excluding hydrogens is 244 g/mol. The Balaban J connectivity index is 3.03. The molecule has 0 heterocycles. The number of azide groups is 1. The Morgan fingerprint density at radius 1 is 1.47 bits per heavy atom. The van der Waals surface area contributed by atoms with Crippen LogP contribution in [0.1, 0.15) is 11.7 Å². The summed E-state index contributed by atoms with van der Waals surface area (Å²) in [6, 6.07) is 2.20. The van der Waals surface area contributed by atoms with E-state index in [0.717, 1.165) is 6.07 Å². The number of hydrogen-bond acceptors (Lipinski definition) is 2. The predicted octanol–water partition coefficient (Wildman–Crippen LogP) is 3.48. The Bertz CT molecular complexity index is 421. The van der Waals surface area contributed by atoms with Crippen LogP contribution in [-0.4, -0.2) is 11.7 Å². The zero-order valence-corrected chi connectivity index (χ0v) is 8.87. The van der Waals surface area contributed by atoms with Gasteiger partial charge < -0.3 is 5.11 Å². The predicted molar refractivity (Wildman–Crippen MR) is 55.4 cm³/mol. The second-order valence-corrected chi connectivity index (χ2v) is 3.53. The van der Waals surface area contributed by atoms with Crippen molar-refractivity contribution >= 4 is 23.2 Å². The van der Waals surface area contributed by atoms with Gasteiger partial charge in [0.1, 0.15) is 5.82 Å². The van der Waals surface area contributed by atoms with E-state index >= 15 is 0 Å². The molecule has 0 saturated carbocycles. The lowest BCUT2D eigenvalue weighted by molar-refractivity contribution is 0.186. The summed E-state index contributed by atoms with van der Waals surface area (Å²) in [7, 11) is 0. The molecule has 0 bridgehead atoms. The molecule has 0 saturated heterocycles. The standard InChI is InChI=1S/C8H6Cl2FN3O/c9-5-2-6(10)7(11)1-4(5)8(15)3-13-14-12/h1-2,8,15H,3H2/t8-/m0/s1. The van der Waals surface area contributed by atoms with E-state index in [-0.39, 0.29) is 22.2 Å². The normalized spacial score (nSPS) is 12.0. The van der Waals surface area contributed by atoms with Gasteiger partial charge in [0, 0.05) is 15.5 Å². The van der Waals surface area contributed by atoms with Crippen LogP contribution < -0.4 is 0 Å². The van der Waals surface area contributed by atoms with Crippen molar-refractivity contribution in [1.82, 2.24) is 0 Å². The van der Waals surface area contributed by atoms with Gasteiger partial charge in [-0.15, -0.1) is 0 Å². The third kappa shape index (κ3) is 2.97. The van der Waals surface area contributed by atoms with Gasteiger partial charge in [0.2, 0.25) is 0 Å². The van der Waals surface area contributed by atoms with E-state index in [1.54, 1.807) is 0 Å². The number of halogens is 3. The van der Waals surface area contributed by atoms with Crippen molar-refractivity contribution in [3.63, 3.8) is 0 Å². The van der Waals surface area contributed by atoms with Crippen molar-refractivity contribution in [3.05, 3.63) is 44.0 Å². The van der Waals surface area contributed by atoms with E-state index in [1.807, 2.05) is 0 Å². The van der Waals surface area contributed by atoms with Gasteiger partial charge >= 0.3 is 0 Å². The van der Waals surface area contributed by atoms with Crippen molar-refractivity contribution in [2.24, 2.45) is 5.11 Å². The zero-order valence-electron chi connectivity index (χ0n) is 7.36. The molecule has 0 radical (unpaired) electrons. The van der Waals surface area contributed by atoms with E-state index in [2.05, 4.69) is 10.0 Å². The summed E-state index contributed by atoms with van der Waals surface area (Å²) < 4.78 is 13.0. The highest BCUT2D eigenvalue weighted by Gasteiger charge is 2.14. The van der Waals surface area contributed by atoms with Gasteiger partial charge in [0.25, 0.3) is 0 Å². The van der Waals surface area contributed by atoms with Crippen LogP contribution in [0.3, 0.4) is 0 Å². The number of aliphatic hydroxyl groups excluding tert-OH is 1. The first-order chi connectivity index (χ1) is 7.06. The largest absolute Gasteiger partial charge is 0.388 e. The molecule has 0 spiro atoms. The Labute approximate surface area is 94.9 Å². The fraction of sp³-hybridized carbons (Fsp3) is 0.250. The van der Waals surface area contributed by atoms with Crippen LogP contribution in [0, 0.1) is 5.82 Å². The van der Waals surface area contributed by atoms with Gasteiger partial charge in [-0.05, 0) is 17.7 Å². The maximum Gasteiger partial charge on any atom is 0.142 e. The van der Waals surface area contributed by atoms with Gasteiger partial charge in [0.15, 0.2) is 0 Å². The number of aliphatic hydroxyl groups is 1. The molecule has 0 aromatic heterocycles. The molecule has 0 fully saturated rings. The van der Waals surface area contributed by atoms with Crippen molar-refractivity contribution < 1.29 is 9.50 Å². The lowest BCUT2D eigenvalue weighted by Crippen LogP contribution is -2.02. The fourth-order valence-corrected chi connectivity index (χ4v) is 1.51. The first-order valence-corrected chi connectivity index (χ1v) is 4.65. The average molecular weight is 250 g/mol. The van der Waals surface area contributed by atoms with Gasteiger partial charge in [0.05, 0.1) is 17.7 Å². The molecule has 1 aromatic carbocycles. The Morgan fingerprint density at radius 3 is 2.73 bits per heavy atom. The Morgan fingerprint density at radius 2 is 2.13 bits per heavy atom. The van der Waals surface area contributed by atoms with Crippen LogP contribution in [0.15, 0.2) is 17.2 Å². The molecule has 1 atom stereocenters. The highest BCUT2D eigenvalue weighted by atomic mass is 35.5. The summed E-state index contributed by atoms with van der Waals surface area (Å²) in [6.45, 7) is -0.211. The quantitative estimate of drug-likeness (QED) is 0.379. The summed E-state index contributed by atoms with van der Waals surface area (Å²) in [6.07, 6.45) is -1.14. The molecule has 7 heteroatoms. The summed E-state index contributed by atoms with van der Waals surface area (Å²) in [5.74, 6) is -0.684. The van der Waals surface area contributed by atoms with E-state index in [1.165, 1.54) is 6.07 Å². The smallest absolute Gasteiger partial charge is 0.142 e. The van der Waals surface area contributed by atoms with E-state index in [9.17, 15) is 9.50 Å². The lowest BCUT2D eigenvalue weighted by Gasteiger charge is -2.10. The van der Waals surface area contributed by atoms with Crippen molar-refractivity contribution in [3.8, 4) is 0 Å². The highest BCUT2D eigenvalue weighted by Crippen LogP contribution is 2.28. The molecule has 80 valence electrons. The summed E-state index contributed by atoms with van der Waals surface area (Å²) in [5.41, 5.74) is 8.19.